The minimum absolute atomic E-state index is 0.628. The Hall–Kier alpha value is -5.20. The summed E-state index contributed by atoms with van der Waals surface area (Å²) in [5.74, 6) is 0. The Bertz CT molecular complexity index is 2680. The van der Waals surface area contributed by atoms with Gasteiger partial charge in [0.25, 0.3) is 0 Å². The van der Waals surface area contributed by atoms with Gasteiger partial charge in [0.1, 0.15) is 0 Å². The normalized spacial score (nSPS) is 14.5. The SMILES string of the molecule is Cc1ccc(C2(c3ccc(C)cc3)c3cc4c(cc3-c3sc(C=O)cc32)C(c2ccc(C)cc2)(c2ccc(C)cc2)c2c-4sc3cc(C=O)sc23)cc1. The molecule has 0 fully saturated rings. The minimum atomic E-state index is -0.631. The zero-order valence-corrected chi connectivity index (χ0v) is 32.2. The van der Waals surface area contributed by atoms with Crippen LogP contribution < -0.4 is 0 Å². The van der Waals surface area contributed by atoms with Crippen LogP contribution in [0, 0.1) is 27.7 Å². The molecule has 2 aliphatic rings. The first-order valence-corrected chi connectivity index (χ1v) is 20.3. The molecular formula is C48H34O2S3. The van der Waals surface area contributed by atoms with Crippen LogP contribution in [-0.4, -0.2) is 12.6 Å². The van der Waals surface area contributed by atoms with Crippen LogP contribution in [0.5, 0.6) is 0 Å². The first kappa shape index (κ1) is 32.5. The summed E-state index contributed by atoms with van der Waals surface area (Å²) in [5, 5.41) is 0. The van der Waals surface area contributed by atoms with E-state index in [9.17, 15) is 9.59 Å². The van der Waals surface area contributed by atoms with Gasteiger partial charge in [-0.15, -0.1) is 34.0 Å². The summed E-state index contributed by atoms with van der Waals surface area (Å²) < 4.78 is 2.32. The number of fused-ring (bicyclic) bond motifs is 8. The van der Waals surface area contributed by atoms with Gasteiger partial charge in [0.15, 0.2) is 12.6 Å². The van der Waals surface area contributed by atoms with E-state index in [0.717, 1.165) is 37.5 Å². The highest BCUT2D eigenvalue weighted by Crippen LogP contribution is 2.66. The molecule has 0 spiro atoms. The zero-order valence-electron chi connectivity index (χ0n) is 29.7. The van der Waals surface area contributed by atoms with Crippen LogP contribution >= 0.6 is 34.0 Å². The number of aldehydes is 2. The molecule has 3 aromatic heterocycles. The maximum atomic E-state index is 12.6. The summed E-state index contributed by atoms with van der Waals surface area (Å²) in [5.41, 5.74) is 15.7. The van der Waals surface area contributed by atoms with E-state index in [4.69, 9.17) is 0 Å². The Morgan fingerprint density at radius 3 is 1.32 bits per heavy atom. The van der Waals surface area contributed by atoms with Gasteiger partial charge >= 0.3 is 0 Å². The van der Waals surface area contributed by atoms with E-state index in [0.29, 0.717) is 0 Å². The molecule has 0 saturated heterocycles. The lowest BCUT2D eigenvalue weighted by Crippen LogP contribution is -2.30. The van der Waals surface area contributed by atoms with Crippen molar-refractivity contribution < 1.29 is 9.59 Å². The molecule has 3 heterocycles. The molecule has 0 bridgehead atoms. The first-order valence-electron chi connectivity index (χ1n) is 17.9. The van der Waals surface area contributed by atoms with Crippen molar-refractivity contribution in [1.82, 2.24) is 0 Å². The number of benzene rings is 5. The largest absolute Gasteiger partial charge is 0.297 e. The summed E-state index contributed by atoms with van der Waals surface area (Å²) in [6.45, 7) is 8.54. The maximum Gasteiger partial charge on any atom is 0.160 e. The molecule has 0 N–H and O–H groups in total. The second kappa shape index (κ2) is 11.6. The van der Waals surface area contributed by atoms with Gasteiger partial charge in [-0.3, -0.25) is 9.59 Å². The summed E-state index contributed by atoms with van der Waals surface area (Å²) in [6, 6.07) is 45.1. The first-order chi connectivity index (χ1) is 25.8. The van der Waals surface area contributed by atoms with Crippen LogP contribution in [0.25, 0.3) is 30.3 Å². The van der Waals surface area contributed by atoms with Crippen LogP contribution in [0.15, 0.2) is 121 Å². The van der Waals surface area contributed by atoms with Crippen molar-refractivity contribution >= 4 is 56.0 Å². The van der Waals surface area contributed by atoms with Crippen molar-refractivity contribution in [3.05, 3.63) is 198 Å². The second-order valence-corrected chi connectivity index (χ2v) is 17.9. The Kier molecular flexibility index (Phi) is 7.13. The third-order valence-corrected chi connectivity index (χ3v) is 15.0. The predicted molar refractivity (Wildman–Crippen MR) is 222 cm³/mol. The summed E-state index contributed by atoms with van der Waals surface area (Å²) in [6.07, 6.45) is 1.99. The third-order valence-electron chi connectivity index (χ3n) is 11.5. The van der Waals surface area contributed by atoms with E-state index in [1.54, 1.807) is 34.0 Å². The number of rotatable bonds is 6. The Labute approximate surface area is 321 Å². The van der Waals surface area contributed by atoms with Gasteiger partial charge in [0.05, 0.1) is 25.3 Å². The lowest BCUT2D eigenvalue weighted by Gasteiger charge is -2.35. The molecule has 2 nitrogen and oxygen atoms in total. The summed E-state index contributed by atoms with van der Waals surface area (Å²) in [4.78, 5) is 28.7. The molecule has 0 amide bonds. The van der Waals surface area contributed by atoms with Gasteiger partial charge in [-0.1, -0.05) is 119 Å². The predicted octanol–water partition coefficient (Wildman–Crippen LogP) is 12.6. The fraction of sp³-hybridized carbons (Fsp3) is 0.125. The molecule has 256 valence electrons. The maximum absolute atomic E-state index is 12.6. The van der Waals surface area contributed by atoms with Gasteiger partial charge in [-0.25, -0.2) is 0 Å². The van der Waals surface area contributed by atoms with Crippen LogP contribution in [0.2, 0.25) is 0 Å². The molecule has 10 rings (SSSR count). The summed E-state index contributed by atoms with van der Waals surface area (Å²) in [7, 11) is 0. The fourth-order valence-electron chi connectivity index (χ4n) is 9.09. The molecular weight excluding hydrogens is 705 g/mol. The van der Waals surface area contributed by atoms with Gasteiger partial charge in [-0.05, 0) is 102 Å². The lowest BCUT2D eigenvalue weighted by molar-refractivity contribution is 0.111. The molecule has 53 heavy (non-hydrogen) atoms. The second-order valence-electron chi connectivity index (χ2n) is 14.7. The Balaban J connectivity index is 1.39. The zero-order chi connectivity index (χ0) is 36.2. The van der Waals surface area contributed by atoms with E-state index in [2.05, 4.69) is 149 Å². The van der Waals surface area contributed by atoms with Gasteiger partial charge in [0.2, 0.25) is 0 Å². The number of hydrogen-bond donors (Lipinski definition) is 0. The van der Waals surface area contributed by atoms with Gasteiger partial charge < -0.3 is 0 Å². The van der Waals surface area contributed by atoms with E-state index >= 15 is 0 Å². The lowest BCUT2D eigenvalue weighted by atomic mass is 9.65. The van der Waals surface area contributed by atoms with Crippen molar-refractivity contribution in [2.75, 3.05) is 0 Å². The van der Waals surface area contributed by atoms with Gasteiger partial charge in [0, 0.05) is 20.0 Å². The average Bonchev–Trinajstić information content (AvgIpc) is 3.96. The molecule has 5 aromatic carbocycles. The number of aryl methyl sites for hydroxylation is 4. The van der Waals surface area contributed by atoms with E-state index < -0.39 is 10.8 Å². The quantitative estimate of drug-likeness (QED) is 0.159. The smallest absolute Gasteiger partial charge is 0.160 e. The van der Waals surface area contributed by atoms with Crippen molar-refractivity contribution in [2.24, 2.45) is 0 Å². The monoisotopic (exact) mass is 738 g/mol. The van der Waals surface area contributed by atoms with Crippen molar-refractivity contribution in [3.63, 3.8) is 0 Å². The van der Waals surface area contributed by atoms with Crippen LogP contribution in [0.3, 0.4) is 0 Å². The average molecular weight is 739 g/mol. The molecule has 0 saturated carbocycles. The highest BCUT2D eigenvalue weighted by Gasteiger charge is 2.53. The molecule has 0 radical (unpaired) electrons. The number of carbonyl (C=O) groups excluding carboxylic acids is 2. The highest BCUT2D eigenvalue weighted by atomic mass is 32.1. The van der Waals surface area contributed by atoms with Crippen LogP contribution in [0.4, 0.5) is 0 Å². The third kappa shape index (κ3) is 4.36. The van der Waals surface area contributed by atoms with Crippen molar-refractivity contribution in [2.45, 2.75) is 38.5 Å². The minimum Gasteiger partial charge on any atom is -0.297 e. The van der Waals surface area contributed by atoms with E-state index in [-0.39, 0.29) is 0 Å². The molecule has 0 unspecified atom stereocenters. The number of hydrogen-bond acceptors (Lipinski definition) is 5. The van der Waals surface area contributed by atoms with E-state index in [1.807, 2.05) is 0 Å². The van der Waals surface area contributed by atoms with Gasteiger partial charge in [-0.2, -0.15) is 0 Å². The summed E-state index contributed by atoms with van der Waals surface area (Å²) >= 11 is 5.00. The Morgan fingerprint density at radius 2 is 0.849 bits per heavy atom. The molecule has 8 aromatic rings. The van der Waals surface area contributed by atoms with Crippen LogP contribution in [-0.2, 0) is 10.8 Å². The molecule has 5 heteroatoms. The topological polar surface area (TPSA) is 34.1 Å². The molecule has 0 aliphatic heterocycles. The fourth-order valence-corrected chi connectivity index (χ4v) is 12.8. The standard InChI is InChI=1S/C48H34O2S3/c1-27-5-13-31(14-6-27)47(32-15-7-28(2)8-16-32)39-24-38-40(23-37(39)44-41(47)21-35(25-49)51-44)48(33-17-9-29(3)10-18-33,34-19-11-30(4)12-20-34)43-45(38)53-42-22-36(26-50)52-46(42)43/h5-26H,1-4H3. The molecule has 2 aliphatic carbocycles. The Morgan fingerprint density at radius 1 is 0.434 bits per heavy atom. The van der Waals surface area contributed by atoms with Crippen molar-refractivity contribution in [3.8, 4) is 20.9 Å². The van der Waals surface area contributed by atoms with Crippen molar-refractivity contribution in [1.29, 1.82) is 0 Å². The van der Waals surface area contributed by atoms with E-state index in [1.165, 1.54) is 81.9 Å². The molecule has 0 atom stereocenters. The highest BCUT2D eigenvalue weighted by molar-refractivity contribution is 7.30. The van der Waals surface area contributed by atoms with Crippen LogP contribution in [0.1, 0.15) is 86.1 Å². The number of thiophene rings is 3. The number of carbonyl (C=O) groups is 2.